The molecule has 158 valence electrons. The van der Waals surface area contributed by atoms with Crippen molar-refractivity contribution in [2.24, 2.45) is 0 Å². The van der Waals surface area contributed by atoms with Gasteiger partial charge in [-0.05, 0) is 56.2 Å². The topological polar surface area (TPSA) is 112 Å². The number of nitrogens with two attached hydrogens (primary N) is 1. The number of rotatable bonds is 4. The maximum atomic E-state index is 12.3. The summed E-state index contributed by atoms with van der Waals surface area (Å²) in [6.07, 6.45) is 1.51. The molecule has 3 aromatic rings. The Hall–Kier alpha value is -3.70. The van der Waals surface area contributed by atoms with Gasteiger partial charge in [0.2, 0.25) is 0 Å². The van der Waals surface area contributed by atoms with Crippen LogP contribution in [0.3, 0.4) is 0 Å². The molecule has 0 spiro atoms. The van der Waals surface area contributed by atoms with Gasteiger partial charge in [0.05, 0.1) is 34.7 Å². The van der Waals surface area contributed by atoms with Crippen LogP contribution in [0.1, 0.15) is 35.5 Å². The van der Waals surface area contributed by atoms with E-state index in [-0.39, 0.29) is 10.7 Å². The highest BCUT2D eigenvalue weighted by Gasteiger charge is 2.19. The molecule has 1 heterocycles. The molecule has 0 amide bonds. The van der Waals surface area contributed by atoms with Gasteiger partial charge >= 0.3 is 5.97 Å². The number of anilines is 1. The first-order valence-electron chi connectivity index (χ1n) is 9.39. The third-order valence-electron chi connectivity index (χ3n) is 4.53. The molecule has 3 rings (SSSR count). The number of nitrogen functional groups attached to an aromatic ring is 1. The summed E-state index contributed by atoms with van der Waals surface area (Å²) in [6.45, 7) is 3.28. The van der Waals surface area contributed by atoms with Crippen LogP contribution in [0.4, 0.5) is 5.82 Å². The molecule has 0 aliphatic carbocycles. The Kier molecular flexibility index (Phi) is 6.37. The van der Waals surface area contributed by atoms with Gasteiger partial charge in [0.1, 0.15) is 0 Å². The standard InChI is InChI=1S/C23H21N3O4S/c1-15(2)31(28,29)19-11-9-17(10-12-19)21-14-25-22(24)20(26-21)13-6-16-4-7-18(8-5-16)23(27)30-3/h4-5,7-12,14-15H,1-3H3,(H2,24,25). The van der Waals surface area contributed by atoms with Crippen LogP contribution >= 0.6 is 0 Å². The first-order chi connectivity index (χ1) is 14.7. The molecule has 0 saturated carbocycles. The van der Waals surface area contributed by atoms with Crippen LogP contribution < -0.4 is 5.73 Å². The number of benzene rings is 2. The van der Waals surface area contributed by atoms with E-state index in [0.717, 1.165) is 0 Å². The van der Waals surface area contributed by atoms with Gasteiger partial charge in [0.25, 0.3) is 0 Å². The second kappa shape index (κ2) is 8.98. The van der Waals surface area contributed by atoms with Gasteiger partial charge in [-0.2, -0.15) is 0 Å². The van der Waals surface area contributed by atoms with Crippen LogP contribution in [0.5, 0.6) is 0 Å². The number of aromatic nitrogens is 2. The highest BCUT2D eigenvalue weighted by atomic mass is 32.2. The summed E-state index contributed by atoms with van der Waals surface area (Å²) in [7, 11) is -2.03. The highest BCUT2D eigenvalue weighted by molar-refractivity contribution is 7.92. The van der Waals surface area contributed by atoms with Crippen LogP contribution in [0.25, 0.3) is 11.3 Å². The van der Waals surface area contributed by atoms with Crippen molar-refractivity contribution in [3.8, 4) is 23.1 Å². The lowest BCUT2D eigenvalue weighted by Crippen LogP contribution is -2.13. The maximum Gasteiger partial charge on any atom is 0.337 e. The number of carbonyl (C=O) groups excluding carboxylic acids is 1. The third kappa shape index (κ3) is 4.90. The van der Waals surface area contributed by atoms with Gasteiger partial charge in [-0.25, -0.2) is 23.2 Å². The van der Waals surface area contributed by atoms with Crippen molar-refractivity contribution in [1.29, 1.82) is 0 Å². The summed E-state index contributed by atoms with van der Waals surface area (Å²) in [5.74, 6) is 5.59. The van der Waals surface area contributed by atoms with E-state index < -0.39 is 21.1 Å². The fraction of sp³-hybridized carbons (Fsp3) is 0.174. The molecule has 0 unspecified atom stereocenters. The molecule has 0 aliphatic rings. The van der Waals surface area contributed by atoms with E-state index in [4.69, 9.17) is 5.73 Å². The van der Waals surface area contributed by atoms with Gasteiger partial charge in [0.15, 0.2) is 21.3 Å². The van der Waals surface area contributed by atoms with E-state index in [0.29, 0.717) is 28.1 Å². The fourth-order valence-electron chi connectivity index (χ4n) is 2.66. The normalized spacial score (nSPS) is 11.0. The molecule has 0 fully saturated rings. The molecule has 0 bridgehead atoms. The van der Waals surface area contributed by atoms with Crippen molar-refractivity contribution in [2.75, 3.05) is 12.8 Å². The van der Waals surface area contributed by atoms with Gasteiger partial charge < -0.3 is 10.5 Å². The molecule has 1 aromatic heterocycles. The minimum Gasteiger partial charge on any atom is -0.465 e. The molecule has 8 heteroatoms. The minimum absolute atomic E-state index is 0.182. The average Bonchev–Trinajstić information content (AvgIpc) is 2.78. The summed E-state index contributed by atoms with van der Waals surface area (Å²) in [5, 5.41) is -0.502. The number of methoxy groups -OCH3 is 1. The Labute approximate surface area is 181 Å². The molecule has 31 heavy (non-hydrogen) atoms. The van der Waals surface area contributed by atoms with E-state index >= 15 is 0 Å². The van der Waals surface area contributed by atoms with E-state index in [1.807, 2.05) is 0 Å². The van der Waals surface area contributed by atoms with Crippen molar-refractivity contribution in [3.05, 3.63) is 71.5 Å². The molecule has 0 aliphatic heterocycles. The quantitative estimate of drug-likeness (QED) is 0.495. The van der Waals surface area contributed by atoms with Crippen LogP contribution in [0.2, 0.25) is 0 Å². The summed E-state index contributed by atoms with van der Waals surface area (Å²) < 4.78 is 29.2. The number of nitrogens with zero attached hydrogens (tertiary/aromatic N) is 2. The first-order valence-corrected chi connectivity index (χ1v) is 10.9. The van der Waals surface area contributed by atoms with Gasteiger partial charge in [-0.3, -0.25) is 0 Å². The van der Waals surface area contributed by atoms with E-state index in [2.05, 4.69) is 26.5 Å². The zero-order chi connectivity index (χ0) is 22.6. The second-order valence-corrected chi connectivity index (χ2v) is 9.43. The number of sulfone groups is 1. The zero-order valence-electron chi connectivity index (χ0n) is 17.3. The van der Waals surface area contributed by atoms with E-state index in [1.54, 1.807) is 62.4 Å². The van der Waals surface area contributed by atoms with Gasteiger partial charge in [-0.1, -0.05) is 18.1 Å². The minimum atomic E-state index is -3.35. The predicted molar refractivity (Wildman–Crippen MR) is 118 cm³/mol. The molecule has 2 aromatic carbocycles. The first kappa shape index (κ1) is 22.0. The molecular formula is C23H21N3O4S. The zero-order valence-corrected chi connectivity index (χ0v) is 18.1. The Morgan fingerprint density at radius 1 is 1.03 bits per heavy atom. The van der Waals surface area contributed by atoms with Gasteiger partial charge in [-0.15, -0.1) is 0 Å². The second-order valence-electron chi connectivity index (χ2n) is 6.93. The van der Waals surface area contributed by atoms with Crippen LogP contribution in [0.15, 0.2) is 59.6 Å². The Morgan fingerprint density at radius 3 is 2.26 bits per heavy atom. The van der Waals surface area contributed by atoms with Crippen LogP contribution in [-0.4, -0.2) is 36.7 Å². The summed E-state index contributed by atoms with van der Waals surface area (Å²) >= 11 is 0. The van der Waals surface area contributed by atoms with Crippen LogP contribution in [0, 0.1) is 11.8 Å². The predicted octanol–water partition coefficient (Wildman–Crippen LogP) is 3.09. The largest absolute Gasteiger partial charge is 0.465 e. The molecule has 7 nitrogen and oxygen atoms in total. The molecule has 2 N–H and O–H groups in total. The number of ether oxygens (including phenoxy) is 1. The number of hydrogen-bond donors (Lipinski definition) is 1. The number of esters is 1. The third-order valence-corrected chi connectivity index (χ3v) is 6.70. The molecule has 0 radical (unpaired) electrons. The van der Waals surface area contributed by atoms with Crippen molar-refractivity contribution in [3.63, 3.8) is 0 Å². The molecule has 0 saturated heterocycles. The lowest BCUT2D eigenvalue weighted by molar-refractivity contribution is 0.0600. The monoisotopic (exact) mass is 435 g/mol. The molecular weight excluding hydrogens is 414 g/mol. The summed E-state index contributed by atoms with van der Waals surface area (Å²) in [6, 6.07) is 13.1. The number of carbonyl (C=O) groups is 1. The van der Waals surface area contributed by atoms with Crippen molar-refractivity contribution in [2.45, 2.75) is 24.0 Å². The van der Waals surface area contributed by atoms with Gasteiger partial charge in [0, 0.05) is 11.1 Å². The number of hydrogen-bond acceptors (Lipinski definition) is 7. The highest BCUT2D eigenvalue weighted by Crippen LogP contribution is 2.22. The SMILES string of the molecule is COC(=O)c1ccc(C#Cc2nc(-c3ccc(S(=O)(=O)C(C)C)cc3)cnc2N)cc1. The van der Waals surface area contributed by atoms with Crippen molar-refractivity contribution >= 4 is 21.6 Å². The van der Waals surface area contributed by atoms with E-state index in [9.17, 15) is 13.2 Å². The molecule has 0 atom stereocenters. The van der Waals surface area contributed by atoms with Crippen LogP contribution in [-0.2, 0) is 14.6 Å². The fourth-order valence-corrected chi connectivity index (χ4v) is 3.72. The summed E-state index contributed by atoms with van der Waals surface area (Å²) in [4.78, 5) is 20.4. The average molecular weight is 436 g/mol. The van der Waals surface area contributed by atoms with Crippen molar-refractivity contribution in [1.82, 2.24) is 9.97 Å². The smallest absolute Gasteiger partial charge is 0.337 e. The maximum absolute atomic E-state index is 12.3. The summed E-state index contributed by atoms with van der Waals surface area (Å²) in [5.41, 5.74) is 8.52. The van der Waals surface area contributed by atoms with Crippen molar-refractivity contribution < 1.29 is 17.9 Å². The Balaban J connectivity index is 1.88. The Morgan fingerprint density at radius 2 is 1.68 bits per heavy atom. The lowest BCUT2D eigenvalue weighted by atomic mass is 10.1. The Bertz CT molecular complexity index is 1270. The lowest BCUT2D eigenvalue weighted by Gasteiger charge is -2.08. The van der Waals surface area contributed by atoms with E-state index in [1.165, 1.54) is 13.3 Å².